The van der Waals surface area contributed by atoms with Crippen LogP contribution in [0.3, 0.4) is 0 Å². The van der Waals surface area contributed by atoms with Gasteiger partial charge in [-0.2, -0.15) is 0 Å². The fraction of sp³-hybridized carbons (Fsp3) is 0.235. The lowest BCUT2D eigenvalue weighted by Crippen LogP contribution is -2.05. The molecule has 2 aromatic carbocycles. The van der Waals surface area contributed by atoms with Gasteiger partial charge in [-0.15, -0.1) is 0 Å². The maximum absolute atomic E-state index is 13.0. The highest BCUT2D eigenvalue weighted by molar-refractivity contribution is 5.49. The molecule has 2 rings (SSSR count). The van der Waals surface area contributed by atoms with E-state index in [4.69, 9.17) is 4.74 Å². The Morgan fingerprint density at radius 3 is 2.40 bits per heavy atom. The molecule has 2 nitrogen and oxygen atoms in total. The minimum atomic E-state index is -0.272. The summed E-state index contributed by atoms with van der Waals surface area (Å²) in [7, 11) is 0. The standard InChI is InChI=1S/C17H17FO2/c18-16-10-8-15(9-11-16)17(7-4-12-19)20-13-14-5-2-1-3-6-14/h1-3,5-6,8-12,17H,4,7,13H2. The van der Waals surface area contributed by atoms with E-state index in [1.165, 1.54) is 12.1 Å². The Morgan fingerprint density at radius 1 is 1.05 bits per heavy atom. The van der Waals surface area contributed by atoms with Crippen LogP contribution in [0.1, 0.15) is 30.1 Å². The van der Waals surface area contributed by atoms with Gasteiger partial charge in [0, 0.05) is 6.42 Å². The summed E-state index contributed by atoms with van der Waals surface area (Å²) in [4.78, 5) is 10.6. The second-order valence-corrected chi connectivity index (χ2v) is 4.58. The summed E-state index contributed by atoms with van der Waals surface area (Å²) in [6, 6.07) is 16.1. The van der Waals surface area contributed by atoms with Crippen molar-refractivity contribution in [1.29, 1.82) is 0 Å². The fourth-order valence-electron chi connectivity index (χ4n) is 2.01. The molecule has 3 heteroatoms. The van der Waals surface area contributed by atoms with Crippen LogP contribution in [0.15, 0.2) is 54.6 Å². The third kappa shape index (κ3) is 4.28. The first-order valence-electron chi connectivity index (χ1n) is 6.64. The molecule has 0 aliphatic rings. The third-order valence-corrected chi connectivity index (χ3v) is 3.08. The maximum atomic E-state index is 13.0. The van der Waals surface area contributed by atoms with Gasteiger partial charge in [0.15, 0.2) is 0 Å². The van der Waals surface area contributed by atoms with Crippen LogP contribution >= 0.6 is 0 Å². The van der Waals surface area contributed by atoms with Gasteiger partial charge < -0.3 is 9.53 Å². The molecule has 0 spiro atoms. The normalized spacial score (nSPS) is 12.1. The van der Waals surface area contributed by atoms with Crippen molar-refractivity contribution in [3.8, 4) is 0 Å². The monoisotopic (exact) mass is 272 g/mol. The van der Waals surface area contributed by atoms with Gasteiger partial charge in [0.25, 0.3) is 0 Å². The fourth-order valence-corrected chi connectivity index (χ4v) is 2.01. The molecule has 0 saturated carbocycles. The van der Waals surface area contributed by atoms with Crippen LogP contribution in [0, 0.1) is 5.82 Å². The van der Waals surface area contributed by atoms with Crippen molar-refractivity contribution in [2.75, 3.05) is 0 Å². The first-order chi connectivity index (χ1) is 9.79. The van der Waals surface area contributed by atoms with Gasteiger partial charge in [0.1, 0.15) is 12.1 Å². The van der Waals surface area contributed by atoms with Gasteiger partial charge in [0.05, 0.1) is 12.7 Å². The molecule has 0 bridgehead atoms. The first kappa shape index (κ1) is 14.4. The number of aldehydes is 1. The molecule has 0 heterocycles. The molecule has 1 atom stereocenters. The molecular weight excluding hydrogens is 255 g/mol. The second kappa shape index (κ2) is 7.56. The molecule has 0 aliphatic heterocycles. The summed E-state index contributed by atoms with van der Waals surface area (Å²) in [5.41, 5.74) is 1.97. The van der Waals surface area contributed by atoms with Gasteiger partial charge in [-0.25, -0.2) is 4.39 Å². The summed E-state index contributed by atoms with van der Waals surface area (Å²) in [6.45, 7) is 0.474. The van der Waals surface area contributed by atoms with E-state index in [1.54, 1.807) is 12.1 Å². The summed E-state index contributed by atoms with van der Waals surface area (Å²) in [5, 5.41) is 0. The van der Waals surface area contributed by atoms with Gasteiger partial charge in [-0.05, 0) is 29.7 Å². The summed E-state index contributed by atoms with van der Waals surface area (Å²) in [5.74, 6) is -0.272. The molecule has 0 amide bonds. The van der Waals surface area contributed by atoms with Gasteiger partial charge in [-0.3, -0.25) is 0 Å². The molecule has 0 N–H and O–H groups in total. The number of hydrogen-bond donors (Lipinski definition) is 0. The zero-order valence-corrected chi connectivity index (χ0v) is 11.2. The SMILES string of the molecule is O=CCCC(OCc1ccccc1)c1ccc(F)cc1. The highest BCUT2D eigenvalue weighted by atomic mass is 19.1. The number of halogens is 1. The Labute approximate surface area is 118 Å². The lowest BCUT2D eigenvalue weighted by molar-refractivity contribution is -0.108. The highest BCUT2D eigenvalue weighted by Crippen LogP contribution is 2.24. The van der Waals surface area contributed by atoms with Gasteiger partial charge in [0.2, 0.25) is 0 Å². The van der Waals surface area contributed by atoms with Crippen molar-refractivity contribution in [3.63, 3.8) is 0 Å². The molecule has 0 saturated heterocycles. The van der Waals surface area contributed by atoms with Crippen molar-refractivity contribution in [2.45, 2.75) is 25.6 Å². The summed E-state index contributed by atoms with van der Waals surface area (Å²) < 4.78 is 18.8. The Bertz CT molecular complexity index is 522. The number of carbonyl (C=O) groups is 1. The number of hydrogen-bond acceptors (Lipinski definition) is 2. The van der Waals surface area contributed by atoms with E-state index in [1.807, 2.05) is 30.3 Å². The van der Waals surface area contributed by atoms with Crippen molar-refractivity contribution < 1.29 is 13.9 Å². The van der Waals surface area contributed by atoms with Crippen molar-refractivity contribution in [2.24, 2.45) is 0 Å². The summed E-state index contributed by atoms with van der Waals surface area (Å²) >= 11 is 0. The van der Waals surface area contributed by atoms with Crippen LogP contribution in [0.25, 0.3) is 0 Å². The predicted octanol–water partition coefficient (Wildman–Crippen LogP) is 4.06. The first-order valence-corrected chi connectivity index (χ1v) is 6.64. The molecule has 0 fully saturated rings. The smallest absolute Gasteiger partial charge is 0.123 e. The van der Waals surface area contributed by atoms with E-state index < -0.39 is 0 Å². The van der Waals surface area contributed by atoms with E-state index in [0.717, 1.165) is 17.4 Å². The maximum Gasteiger partial charge on any atom is 0.123 e. The minimum absolute atomic E-state index is 0.194. The van der Waals surface area contributed by atoms with Crippen molar-refractivity contribution >= 4 is 6.29 Å². The van der Waals surface area contributed by atoms with E-state index in [2.05, 4.69) is 0 Å². The number of carbonyl (C=O) groups excluding carboxylic acids is 1. The highest BCUT2D eigenvalue weighted by Gasteiger charge is 2.12. The Balaban J connectivity index is 2.03. The quantitative estimate of drug-likeness (QED) is 0.710. The Hall–Kier alpha value is -2.00. The Morgan fingerprint density at radius 2 is 1.75 bits per heavy atom. The number of benzene rings is 2. The molecule has 0 aliphatic carbocycles. The van der Waals surface area contributed by atoms with E-state index in [-0.39, 0.29) is 11.9 Å². The lowest BCUT2D eigenvalue weighted by atomic mass is 10.0. The van der Waals surface area contributed by atoms with Crippen LogP contribution < -0.4 is 0 Å². The molecule has 2 aromatic rings. The molecule has 20 heavy (non-hydrogen) atoms. The third-order valence-electron chi connectivity index (χ3n) is 3.08. The Kier molecular flexibility index (Phi) is 5.44. The van der Waals surface area contributed by atoms with Crippen LogP contribution in [-0.2, 0) is 16.1 Å². The molecule has 1 unspecified atom stereocenters. The van der Waals surface area contributed by atoms with Crippen molar-refractivity contribution in [1.82, 2.24) is 0 Å². The average molecular weight is 272 g/mol. The second-order valence-electron chi connectivity index (χ2n) is 4.58. The average Bonchev–Trinajstić information content (AvgIpc) is 2.50. The zero-order chi connectivity index (χ0) is 14.2. The minimum Gasteiger partial charge on any atom is -0.369 e. The topological polar surface area (TPSA) is 26.3 Å². The largest absolute Gasteiger partial charge is 0.369 e. The molecule has 0 radical (unpaired) electrons. The number of rotatable bonds is 7. The van der Waals surface area contributed by atoms with Gasteiger partial charge in [-0.1, -0.05) is 42.5 Å². The van der Waals surface area contributed by atoms with E-state index in [0.29, 0.717) is 19.4 Å². The van der Waals surface area contributed by atoms with E-state index >= 15 is 0 Å². The molecule has 104 valence electrons. The van der Waals surface area contributed by atoms with Gasteiger partial charge >= 0.3 is 0 Å². The van der Waals surface area contributed by atoms with Crippen LogP contribution in [0.2, 0.25) is 0 Å². The lowest BCUT2D eigenvalue weighted by Gasteiger charge is -2.17. The van der Waals surface area contributed by atoms with Crippen LogP contribution in [0.4, 0.5) is 4.39 Å². The van der Waals surface area contributed by atoms with Crippen LogP contribution in [0.5, 0.6) is 0 Å². The van der Waals surface area contributed by atoms with Crippen molar-refractivity contribution in [3.05, 3.63) is 71.5 Å². The predicted molar refractivity (Wildman–Crippen MR) is 75.7 cm³/mol. The number of ether oxygens (including phenoxy) is 1. The molecule has 0 aromatic heterocycles. The van der Waals surface area contributed by atoms with Crippen LogP contribution in [-0.4, -0.2) is 6.29 Å². The summed E-state index contributed by atoms with van der Waals surface area (Å²) in [6.07, 6.45) is 1.71. The van der Waals surface area contributed by atoms with E-state index in [9.17, 15) is 9.18 Å². The zero-order valence-electron chi connectivity index (χ0n) is 11.2. The molecular formula is C17H17FO2.